The molecule has 3 aromatic heterocycles. The Hall–Kier alpha value is -4.52. The average molecular weight is 371 g/mol. The number of nitrogen functional groups attached to an aromatic ring is 2. The highest BCUT2D eigenvalue weighted by atomic mass is 16.2. The Bertz CT molecular complexity index is 1200. The van der Waals surface area contributed by atoms with Crippen molar-refractivity contribution in [2.24, 2.45) is 0 Å². The lowest BCUT2D eigenvalue weighted by Crippen LogP contribution is -2.17. The number of carbonyl (C=O) groups is 1. The molecule has 10 heteroatoms. The Morgan fingerprint density at radius 1 is 0.964 bits per heavy atom. The van der Waals surface area contributed by atoms with E-state index in [1.54, 1.807) is 12.1 Å². The van der Waals surface area contributed by atoms with Gasteiger partial charge in [0, 0.05) is 5.56 Å². The van der Waals surface area contributed by atoms with Crippen LogP contribution in [0.2, 0.25) is 0 Å². The summed E-state index contributed by atoms with van der Waals surface area (Å²) in [5.41, 5.74) is 13.6. The van der Waals surface area contributed by atoms with Crippen LogP contribution in [0.15, 0.2) is 54.9 Å². The molecule has 10 nitrogen and oxygen atoms in total. The molecule has 0 bridgehead atoms. The lowest BCUT2D eigenvalue weighted by atomic mass is 10.1. The molecule has 0 aliphatic heterocycles. The minimum Gasteiger partial charge on any atom is -0.383 e. The summed E-state index contributed by atoms with van der Waals surface area (Å²) in [4.78, 5) is 12.6. The van der Waals surface area contributed by atoms with Gasteiger partial charge in [0.25, 0.3) is 5.91 Å². The summed E-state index contributed by atoms with van der Waals surface area (Å²) in [6.45, 7) is 0. The van der Waals surface area contributed by atoms with Crippen molar-refractivity contribution < 1.29 is 4.79 Å². The van der Waals surface area contributed by atoms with Gasteiger partial charge in [0.05, 0.1) is 18.1 Å². The number of nitrogens with zero attached hydrogens (tertiary/aromatic N) is 7. The van der Waals surface area contributed by atoms with Crippen LogP contribution in [0.4, 0.5) is 11.6 Å². The van der Waals surface area contributed by atoms with E-state index in [1.165, 1.54) is 17.1 Å². The first kappa shape index (κ1) is 16.9. The molecule has 0 spiro atoms. The SMILES string of the molecule is N#Cc1cnn(C(=O)c2cnn(-c3ccc(-c4ccccc4)nn3)c2N)c1N. The summed E-state index contributed by atoms with van der Waals surface area (Å²) in [6, 6.07) is 14.9. The fraction of sp³-hybridized carbons (Fsp3) is 0. The number of anilines is 2. The van der Waals surface area contributed by atoms with Crippen LogP contribution in [-0.4, -0.2) is 35.7 Å². The Morgan fingerprint density at radius 3 is 2.39 bits per heavy atom. The maximum absolute atomic E-state index is 12.6. The number of hydrogen-bond acceptors (Lipinski definition) is 8. The van der Waals surface area contributed by atoms with E-state index in [1.807, 2.05) is 36.4 Å². The van der Waals surface area contributed by atoms with E-state index in [0.717, 1.165) is 10.2 Å². The third-order valence-electron chi connectivity index (χ3n) is 4.09. The van der Waals surface area contributed by atoms with Gasteiger partial charge in [0.15, 0.2) is 5.82 Å². The van der Waals surface area contributed by atoms with Gasteiger partial charge in [0.2, 0.25) is 0 Å². The average Bonchev–Trinajstić information content (AvgIpc) is 3.30. The lowest BCUT2D eigenvalue weighted by molar-refractivity contribution is 0.0949. The first-order valence-electron chi connectivity index (χ1n) is 8.11. The van der Waals surface area contributed by atoms with Crippen molar-refractivity contribution in [1.82, 2.24) is 29.8 Å². The molecule has 4 rings (SSSR count). The number of nitrogens with two attached hydrogens (primary N) is 2. The first-order valence-corrected chi connectivity index (χ1v) is 8.11. The molecular weight excluding hydrogens is 358 g/mol. The van der Waals surface area contributed by atoms with Crippen LogP contribution in [0.1, 0.15) is 15.9 Å². The molecule has 0 unspecified atom stereocenters. The number of carbonyl (C=O) groups excluding carboxylic acids is 1. The molecule has 0 atom stereocenters. The highest BCUT2D eigenvalue weighted by molar-refractivity contribution is 6.01. The van der Waals surface area contributed by atoms with Gasteiger partial charge >= 0.3 is 0 Å². The van der Waals surface area contributed by atoms with Crippen LogP contribution in [0.5, 0.6) is 0 Å². The van der Waals surface area contributed by atoms with Crippen LogP contribution < -0.4 is 11.5 Å². The summed E-state index contributed by atoms with van der Waals surface area (Å²) >= 11 is 0. The van der Waals surface area contributed by atoms with Crippen LogP contribution in [0.3, 0.4) is 0 Å². The summed E-state index contributed by atoms with van der Waals surface area (Å²) in [7, 11) is 0. The second-order valence-electron chi connectivity index (χ2n) is 5.77. The van der Waals surface area contributed by atoms with Crippen LogP contribution in [-0.2, 0) is 0 Å². The van der Waals surface area contributed by atoms with E-state index in [-0.39, 0.29) is 22.8 Å². The zero-order valence-corrected chi connectivity index (χ0v) is 14.4. The number of nitriles is 1. The van der Waals surface area contributed by atoms with E-state index in [9.17, 15) is 4.79 Å². The first-order chi connectivity index (χ1) is 13.6. The van der Waals surface area contributed by atoms with Crippen molar-refractivity contribution in [2.75, 3.05) is 11.5 Å². The molecule has 0 saturated heterocycles. The highest BCUT2D eigenvalue weighted by Gasteiger charge is 2.22. The molecule has 1 aromatic carbocycles. The lowest BCUT2D eigenvalue weighted by Gasteiger charge is -2.05. The fourth-order valence-electron chi connectivity index (χ4n) is 2.63. The minimum absolute atomic E-state index is 0.0557. The predicted molar refractivity (Wildman–Crippen MR) is 100 cm³/mol. The molecule has 0 amide bonds. The number of aromatic nitrogens is 6. The van der Waals surface area contributed by atoms with Gasteiger partial charge in [-0.05, 0) is 12.1 Å². The standard InChI is InChI=1S/C18H13N9O/c19-8-12-9-22-27(16(12)20)18(28)13-10-23-26(17(13)21)15-7-6-14(24-25-15)11-4-2-1-3-5-11/h1-7,9-10H,20-21H2. The monoisotopic (exact) mass is 371 g/mol. The van der Waals surface area contributed by atoms with E-state index >= 15 is 0 Å². The summed E-state index contributed by atoms with van der Waals surface area (Å²) in [5.74, 6) is -0.258. The molecule has 28 heavy (non-hydrogen) atoms. The maximum Gasteiger partial charge on any atom is 0.285 e. The molecule has 0 radical (unpaired) electrons. The van der Waals surface area contributed by atoms with E-state index < -0.39 is 5.91 Å². The van der Waals surface area contributed by atoms with E-state index in [4.69, 9.17) is 16.7 Å². The third kappa shape index (κ3) is 2.73. The smallest absolute Gasteiger partial charge is 0.285 e. The van der Waals surface area contributed by atoms with Gasteiger partial charge in [-0.1, -0.05) is 30.3 Å². The molecule has 0 aliphatic carbocycles. The summed E-state index contributed by atoms with van der Waals surface area (Å²) < 4.78 is 2.19. The van der Waals surface area contributed by atoms with Crippen LogP contribution in [0.25, 0.3) is 17.1 Å². The summed E-state index contributed by atoms with van der Waals surface area (Å²) in [6.07, 6.45) is 2.50. The van der Waals surface area contributed by atoms with Gasteiger partial charge < -0.3 is 11.5 Å². The Balaban J connectivity index is 1.66. The van der Waals surface area contributed by atoms with Gasteiger partial charge in [-0.15, -0.1) is 10.2 Å². The largest absolute Gasteiger partial charge is 0.383 e. The van der Waals surface area contributed by atoms with Gasteiger partial charge in [-0.25, -0.2) is 0 Å². The molecule has 0 fully saturated rings. The normalized spacial score (nSPS) is 10.5. The van der Waals surface area contributed by atoms with Crippen molar-refractivity contribution in [3.05, 3.63) is 66.0 Å². The molecular formula is C18H13N9O. The van der Waals surface area contributed by atoms with Crippen molar-refractivity contribution in [3.8, 4) is 23.1 Å². The zero-order chi connectivity index (χ0) is 19.7. The van der Waals surface area contributed by atoms with E-state index in [2.05, 4.69) is 20.4 Å². The van der Waals surface area contributed by atoms with Gasteiger partial charge in [-0.3, -0.25) is 4.79 Å². The Kier molecular flexibility index (Phi) is 4.02. The molecule has 0 saturated carbocycles. The molecule has 3 heterocycles. The topological polar surface area (TPSA) is 154 Å². The molecule has 4 aromatic rings. The van der Waals surface area contributed by atoms with Gasteiger partial charge in [-0.2, -0.15) is 24.8 Å². The minimum atomic E-state index is -0.600. The number of benzene rings is 1. The number of hydrogen-bond donors (Lipinski definition) is 2. The van der Waals surface area contributed by atoms with Crippen molar-refractivity contribution >= 4 is 17.5 Å². The fourth-order valence-corrected chi connectivity index (χ4v) is 2.63. The predicted octanol–water partition coefficient (Wildman–Crippen LogP) is 1.25. The second-order valence-corrected chi connectivity index (χ2v) is 5.77. The van der Waals surface area contributed by atoms with Crippen molar-refractivity contribution in [1.29, 1.82) is 5.26 Å². The van der Waals surface area contributed by atoms with E-state index in [0.29, 0.717) is 11.5 Å². The van der Waals surface area contributed by atoms with Crippen LogP contribution >= 0.6 is 0 Å². The Labute approximate surface area is 158 Å². The van der Waals surface area contributed by atoms with Gasteiger partial charge in [0.1, 0.15) is 28.8 Å². The molecule has 0 aliphatic rings. The third-order valence-corrected chi connectivity index (χ3v) is 4.09. The van der Waals surface area contributed by atoms with Crippen molar-refractivity contribution in [2.45, 2.75) is 0 Å². The summed E-state index contributed by atoms with van der Waals surface area (Å²) in [5, 5.41) is 25.2. The second kappa shape index (κ2) is 6.65. The highest BCUT2D eigenvalue weighted by Crippen LogP contribution is 2.20. The zero-order valence-electron chi connectivity index (χ0n) is 14.4. The molecule has 136 valence electrons. The quantitative estimate of drug-likeness (QED) is 0.545. The van der Waals surface area contributed by atoms with Crippen LogP contribution in [0, 0.1) is 11.3 Å². The molecule has 4 N–H and O–H groups in total. The van der Waals surface area contributed by atoms with Crippen molar-refractivity contribution in [3.63, 3.8) is 0 Å². The number of rotatable bonds is 3. The maximum atomic E-state index is 12.6. The Morgan fingerprint density at radius 2 is 1.75 bits per heavy atom.